The second-order valence-electron chi connectivity index (χ2n) is 5.45. The maximum atomic E-state index is 11.6. The molecule has 108 valence electrons. The SMILES string of the molecule is CN(Cc1ccc(-c2ccccc2)cc1)[C@@H]1CCOC1=O. The van der Waals surface area contributed by atoms with Crippen molar-refractivity contribution in [3.8, 4) is 11.1 Å². The zero-order valence-corrected chi connectivity index (χ0v) is 12.2. The first kappa shape index (κ1) is 13.8. The van der Waals surface area contributed by atoms with Crippen LogP contribution < -0.4 is 0 Å². The minimum Gasteiger partial charge on any atom is -0.464 e. The number of likely N-dealkylation sites (N-methyl/N-ethyl adjacent to an activating group) is 1. The third kappa shape index (κ3) is 3.14. The summed E-state index contributed by atoms with van der Waals surface area (Å²) in [5, 5.41) is 0. The molecule has 1 aliphatic heterocycles. The number of ether oxygens (including phenoxy) is 1. The molecule has 0 unspecified atom stereocenters. The summed E-state index contributed by atoms with van der Waals surface area (Å²) in [6.07, 6.45) is 0.789. The van der Waals surface area contributed by atoms with Crippen molar-refractivity contribution in [3.05, 3.63) is 60.2 Å². The smallest absolute Gasteiger partial charge is 0.323 e. The Hall–Kier alpha value is -2.13. The van der Waals surface area contributed by atoms with E-state index in [1.54, 1.807) is 0 Å². The Kier molecular flexibility index (Phi) is 4.02. The van der Waals surface area contributed by atoms with Gasteiger partial charge in [0.1, 0.15) is 6.04 Å². The quantitative estimate of drug-likeness (QED) is 0.807. The molecule has 0 saturated carbocycles. The molecular formula is C18H19NO2. The van der Waals surface area contributed by atoms with Crippen LogP contribution in [0.5, 0.6) is 0 Å². The molecule has 1 saturated heterocycles. The molecule has 1 fully saturated rings. The molecule has 1 heterocycles. The van der Waals surface area contributed by atoms with Crippen molar-refractivity contribution in [1.82, 2.24) is 4.90 Å². The highest BCUT2D eigenvalue weighted by molar-refractivity contribution is 5.77. The van der Waals surface area contributed by atoms with Gasteiger partial charge in [-0.05, 0) is 23.7 Å². The van der Waals surface area contributed by atoms with Crippen molar-refractivity contribution in [2.45, 2.75) is 19.0 Å². The number of carbonyl (C=O) groups is 1. The number of nitrogens with zero attached hydrogens (tertiary/aromatic N) is 1. The van der Waals surface area contributed by atoms with E-state index in [1.165, 1.54) is 16.7 Å². The average Bonchev–Trinajstić information content (AvgIpc) is 2.95. The van der Waals surface area contributed by atoms with Gasteiger partial charge in [-0.15, -0.1) is 0 Å². The summed E-state index contributed by atoms with van der Waals surface area (Å²) in [5.74, 6) is -0.0987. The Morgan fingerprint density at radius 1 is 1.05 bits per heavy atom. The van der Waals surface area contributed by atoms with Gasteiger partial charge in [0.2, 0.25) is 0 Å². The van der Waals surface area contributed by atoms with E-state index in [-0.39, 0.29) is 12.0 Å². The van der Waals surface area contributed by atoms with Gasteiger partial charge in [0, 0.05) is 13.0 Å². The van der Waals surface area contributed by atoms with E-state index in [0.717, 1.165) is 13.0 Å². The summed E-state index contributed by atoms with van der Waals surface area (Å²) in [4.78, 5) is 13.6. The molecule has 0 radical (unpaired) electrons. The van der Waals surface area contributed by atoms with Gasteiger partial charge in [0.05, 0.1) is 6.61 Å². The minimum absolute atomic E-state index is 0.0983. The van der Waals surface area contributed by atoms with Crippen LogP contribution in [0.2, 0.25) is 0 Å². The summed E-state index contributed by atoms with van der Waals surface area (Å²) in [5.41, 5.74) is 3.64. The van der Waals surface area contributed by atoms with Gasteiger partial charge in [-0.3, -0.25) is 9.69 Å². The van der Waals surface area contributed by atoms with E-state index >= 15 is 0 Å². The van der Waals surface area contributed by atoms with E-state index in [4.69, 9.17) is 4.74 Å². The van der Waals surface area contributed by atoms with E-state index < -0.39 is 0 Å². The predicted octanol–water partition coefficient (Wildman–Crippen LogP) is 3.10. The number of carbonyl (C=O) groups excluding carboxylic acids is 1. The summed E-state index contributed by atoms with van der Waals surface area (Å²) < 4.78 is 5.02. The Bertz CT molecular complexity index is 607. The van der Waals surface area contributed by atoms with Gasteiger partial charge in [0.15, 0.2) is 0 Å². The summed E-state index contributed by atoms with van der Waals surface area (Å²) in [7, 11) is 1.97. The fraction of sp³-hybridized carbons (Fsp3) is 0.278. The molecule has 3 heteroatoms. The van der Waals surface area contributed by atoms with Crippen LogP contribution in [0.3, 0.4) is 0 Å². The highest BCUT2D eigenvalue weighted by Gasteiger charge is 2.29. The van der Waals surface area contributed by atoms with Crippen LogP contribution in [0, 0.1) is 0 Å². The fourth-order valence-corrected chi connectivity index (χ4v) is 2.72. The first-order valence-corrected chi connectivity index (χ1v) is 7.25. The van der Waals surface area contributed by atoms with Gasteiger partial charge in [0.25, 0.3) is 0 Å². The van der Waals surface area contributed by atoms with Gasteiger partial charge >= 0.3 is 5.97 Å². The highest BCUT2D eigenvalue weighted by Crippen LogP contribution is 2.21. The van der Waals surface area contributed by atoms with Crippen LogP contribution in [0.15, 0.2) is 54.6 Å². The molecule has 0 aliphatic carbocycles. The van der Waals surface area contributed by atoms with Crippen molar-refractivity contribution in [1.29, 1.82) is 0 Å². The molecular weight excluding hydrogens is 262 g/mol. The lowest BCUT2D eigenvalue weighted by Crippen LogP contribution is -2.34. The average molecular weight is 281 g/mol. The number of hydrogen-bond acceptors (Lipinski definition) is 3. The van der Waals surface area contributed by atoms with Gasteiger partial charge in [-0.2, -0.15) is 0 Å². The Labute approximate surface area is 125 Å². The lowest BCUT2D eigenvalue weighted by Gasteiger charge is -2.21. The van der Waals surface area contributed by atoms with E-state index in [0.29, 0.717) is 6.61 Å². The van der Waals surface area contributed by atoms with Gasteiger partial charge in [-0.1, -0.05) is 54.6 Å². The Balaban J connectivity index is 1.68. The molecule has 0 N–H and O–H groups in total. The van der Waals surface area contributed by atoms with E-state index in [9.17, 15) is 4.79 Å². The zero-order valence-electron chi connectivity index (χ0n) is 12.2. The van der Waals surface area contributed by atoms with Gasteiger partial charge in [-0.25, -0.2) is 0 Å². The van der Waals surface area contributed by atoms with Crippen molar-refractivity contribution >= 4 is 5.97 Å². The fourth-order valence-electron chi connectivity index (χ4n) is 2.72. The molecule has 1 aliphatic rings. The summed E-state index contributed by atoms with van der Waals surface area (Å²) in [6, 6.07) is 18.7. The van der Waals surface area contributed by atoms with Crippen LogP contribution in [-0.4, -0.2) is 30.6 Å². The Morgan fingerprint density at radius 2 is 1.71 bits per heavy atom. The van der Waals surface area contributed by atoms with Crippen LogP contribution >= 0.6 is 0 Å². The third-order valence-electron chi connectivity index (χ3n) is 3.93. The first-order valence-electron chi connectivity index (χ1n) is 7.25. The molecule has 21 heavy (non-hydrogen) atoms. The Morgan fingerprint density at radius 3 is 2.33 bits per heavy atom. The summed E-state index contributed by atoms with van der Waals surface area (Å²) in [6.45, 7) is 1.30. The third-order valence-corrected chi connectivity index (χ3v) is 3.93. The first-order chi connectivity index (χ1) is 10.2. The second-order valence-corrected chi connectivity index (χ2v) is 5.45. The van der Waals surface area contributed by atoms with Crippen molar-refractivity contribution in [2.24, 2.45) is 0 Å². The lowest BCUT2D eigenvalue weighted by molar-refractivity contribution is -0.142. The number of esters is 1. The molecule has 2 aromatic carbocycles. The van der Waals surface area contributed by atoms with Crippen LogP contribution in [0.1, 0.15) is 12.0 Å². The number of cyclic esters (lactones) is 1. The molecule has 2 aromatic rings. The monoisotopic (exact) mass is 281 g/mol. The number of rotatable bonds is 4. The molecule has 0 spiro atoms. The normalized spacial score (nSPS) is 18.0. The molecule has 3 nitrogen and oxygen atoms in total. The lowest BCUT2D eigenvalue weighted by atomic mass is 10.0. The van der Waals surface area contributed by atoms with Crippen LogP contribution in [0.4, 0.5) is 0 Å². The second kappa shape index (κ2) is 6.10. The number of benzene rings is 2. The van der Waals surface area contributed by atoms with Crippen LogP contribution in [-0.2, 0) is 16.1 Å². The van der Waals surface area contributed by atoms with E-state index in [1.807, 2.05) is 25.2 Å². The molecule has 0 aromatic heterocycles. The van der Waals surface area contributed by atoms with Crippen molar-refractivity contribution < 1.29 is 9.53 Å². The minimum atomic E-state index is -0.0987. The van der Waals surface area contributed by atoms with Crippen molar-refractivity contribution in [3.63, 3.8) is 0 Å². The van der Waals surface area contributed by atoms with Gasteiger partial charge < -0.3 is 4.74 Å². The standard InChI is InChI=1S/C18H19NO2/c1-19(17-11-12-21-18(17)20)13-14-7-9-16(10-8-14)15-5-3-2-4-6-15/h2-10,17H,11-13H2,1H3/t17-/m1/s1. The molecule has 0 amide bonds. The van der Waals surface area contributed by atoms with Crippen LogP contribution in [0.25, 0.3) is 11.1 Å². The maximum Gasteiger partial charge on any atom is 0.323 e. The zero-order chi connectivity index (χ0) is 14.7. The topological polar surface area (TPSA) is 29.5 Å². The maximum absolute atomic E-state index is 11.6. The van der Waals surface area contributed by atoms with E-state index in [2.05, 4.69) is 41.3 Å². The molecule has 0 bridgehead atoms. The largest absolute Gasteiger partial charge is 0.464 e. The number of hydrogen-bond donors (Lipinski definition) is 0. The summed E-state index contributed by atoms with van der Waals surface area (Å²) >= 11 is 0. The highest BCUT2D eigenvalue weighted by atomic mass is 16.5. The molecule has 1 atom stereocenters. The van der Waals surface area contributed by atoms with Crippen molar-refractivity contribution in [2.75, 3.05) is 13.7 Å². The molecule has 3 rings (SSSR count). The predicted molar refractivity (Wildman–Crippen MR) is 82.7 cm³/mol.